The molecule has 17 heavy (non-hydrogen) atoms. The van der Waals surface area contributed by atoms with Gasteiger partial charge in [-0.3, -0.25) is 4.79 Å². The minimum absolute atomic E-state index is 0.0731. The van der Waals surface area contributed by atoms with E-state index >= 15 is 0 Å². The average molecular weight is 226 g/mol. The Balaban J connectivity index is 2.28. The first-order valence-electron chi connectivity index (χ1n) is 5.28. The Morgan fingerprint density at radius 3 is 2.94 bits per heavy atom. The number of fused-ring (bicyclic) bond motifs is 1. The van der Waals surface area contributed by atoms with Gasteiger partial charge in [0.1, 0.15) is 6.26 Å². The Kier molecular flexibility index (Phi) is 2.08. The van der Waals surface area contributed by atoms with E-state index in [0.717, 1.165) is 22.2 Å². The van der Waals surface area contributed by atoms with Crippen LogP contribution >= 0.6 is 0 Å². The second-order valence-electron chi connectivity index (χ2n) is 3.92. The van der Waals surface area contributed by atoms with Crippen molar-refractivity contribution in [3.8, 4) is 11.1 Å². The highest BCUT2D eigenvalue weighted by atomic mass is 16.5. The predicted octanol–water partition coefficient (Wildman–Crippen LogP) is 2.49. The zero-order valence-corrected chi connectivity index (χ0v) is 9.23. The maximum Gasteiger partial charge on any atom is 0.255 e. The third-order valence-corrected chi connectivity index (χ3v) is 2.83. The number of H-pyrrole nitrogens is 1. The van der Waals surface area contributed by atoms with Gasteiger partial charge < -0.3 is 9.51 Å². The van der Waals surface area contributed by atoms with Crippen molar-refractivity contribution in [1.29, 1.82) is 0 Å². The molecule has 2 aromatic heterocycles. The number of pyridine rings is 1. The zero-order valence-electron chi connectivity index (χ0n) is 9.23. The second kappa shape index (κ2) is 3.59. The van der Waals surface area contributed by atoms with Gasteiger partial charge in [-0.15, -0.1) is 0 Å². The molecule has 1 aromatic carbocycles. The van der Waals surface area contributed by atoms with Crippen LogP contribution in [0.1, 0.15) is 5.69 Å². The molecule has 0 saturated carbocycles. The lowest BCUT2D eigenvalue weighted by atomic mass is 10.0. The summed E-state index contributed by atoms with van der Waals surface area (Å²) in [4.78, 5) is 14.2. The number of hydrogen-bond acceptors (Lipinski definition) is 3. The van der Waals surface area contributed by atoms with Crippen LogP contribution in [0.25, 0.3) is 21.9 Å². The monoisotopic (exact) mass is 226 g/mol. The minimum atomic E-state index is -0.0731. The van der Waals surface area contributed by atoms with Crippen molar-refractivity contribution >= 4 is 10.8 Å². The lowest BCUT2D eigenvalue weighted by molar-refractivity contribution is 0.415. The summed E-state index contributed by atoms with van der Waals surface area (Å²) in [7, 11) is 0. The topological polar surface area (TPSA) is 58.9 Å². The first-order chi connectivity index (χ1) is 8.25. The highest BCUT2D eigenvalue weighted by molar-refractivity contribution is 5.86. The van der Waals surface area contributed by atoms with Crippen LogP contribution in [0, 0.1) is 6.92 Å². The molecule has 0 unspecified atom stereocenters. The summed E-state index contributed by atoms with van der Waals surface area (Å²) in [6, 6.07) is 7.56. The number of nitrogens with one attached hydrogen (secondary N) is 1. The summed E-state index contributed by atoms with van der Waals surface area (Å²) in [5.41, 5.74) is 2.72. The number of aromatic nitrogens is 2. The van der Waals surface area contributed by atoms with E-state index in [1.54, 1.807) is 12.5 Å². The Bertz CT molecular complexity index is 740. The maximum atomic E-state index is 11.6. The molecule has 0 saturated heterocycles. The summed E-state index contributed by atoms with van der Waals surface area (Å²) < 4.78 is 4.92. The van der Waals surface area contributed by atoms with Gasteiger partial charge in [0.2, 0.25) is 0 Å². The fraction of sp³-hybridized carbons (Fsp3) is 0.0769. The third kappa shape index (κ3) is 1.54. The maximum absolute atomic E-state index is 11.6. The van der Waals surface area contributed by atoms with Crippen molar-refractivity contribution in [2.45, 2.75) is 6.92 Å². The van der Waals surface area contributed by atoms with Gasteiger partial charge >= 0.3 is 0 Å². The predicted molar refractivity (Wildman–Crippen MR) is 64.8 cm³/mol. The van der Waals surface area contributed by atoms with E-state index in [0.29, 0.717) is 5.39 Å². The van der Waals surface area contributed by atoms with E-state index in [-0.39, 0.29) is 5.56 Å². The summed E-state index contributed by atoms with van der Waals surface area (Å²) in [6.45, 7) is 1.89. The lowest BCUT2D eigenvalue weighted by Gasteiger charge is -2.01. The molecule has 0 fully saturated rings. The van der Waals surface area contributed by atoms with E-state index in [4.69, 9.17) is 4.52 Å². The first kappa shape index (κ1) is 9.84. The van der Waals surface area contributed by atoms with Gasteiger partial charge in [-0.25, -0.2) is 0 Å². The number of rotatable bonds is 1. The largest absolute Gasteiger partial charge is 0.364 e. The molecule has 4 heteroatoms. The fourth-order valence-corrected chi connectivity index (χ4v) is 1.93. The normalized spacial score (nSPS) is 10.9. The summed E-state index contributed by atoms with van der Waals surface area (Å²) in [5.74, 6) is 0. The van der Waals surface area contributed by atoms with Gasteiger partial charge in [0, 0.05) is 17.1 Å². The molecule has 3 rings (SSSR count). The molecule has 0 aliphatic heterocycles. The summed E-state index contributed by atoms with van der Waals surface area (Å²) >= 11 is 0. The second-order valence-corrected chi connectivity index (χ2v) is 3.92. The highest BCUT2D eigenvalue weighted by Gasteiger charge is 2.07. The molecular formula is C13H10N2O2. The molecule has 0 bridgehead atoms. The fourth-order valence-electron chi connectivity index (χ4n) is 1.93. The van der Waals surface area contributed by atoms with Crippen LogP contribution in [0.5, 0.6) is 0 Å². The standard InChI is InChI=1S/C13H10N2O2/c1-8-12(7-17-15-8)9-2-3-11-10(6-9)4-5-14-13(11)16/h2-7H,1H3,(H,14,16). The molecule has 0 aliphatic carbocycles. The van der Waals surface area contributed by atoms with Crippen molar-refractivity contribution in [1.82, 2.24) is 10.1 Å². The van der Waals surface area contributed by atoms with E-state index in [1.165, 1.54) is 0 Å². The van der Waals surface area contributed by atoms with Crippen molar-refractivity contribution < 1.29 is 4.52 Å². The highest BCUT2D eigenvalue weighted by Crippen LogP contribution is 2.25. The van der Waals surface area contributed by atoms with Crippen molar-refractivity contribution in [2.24, 2.45) is 0 Å². The smallest absolute Gasteiger partial charge is 0.255 e. The van der Waals surface area contributed by atoms with Gasteiger partial charge in [0.05, 0.1) is 5.69 Å². The molecule has 3 aromatic rings. The van der Waals surface area contributed by atoms with Crippen molar-refractivity contribution in [2.75, 3.05) is 0 Å². The van der Waals surface area contributed by atoms with Crippen LogP contribution < -0.4 is 5.56 Å². The molecule has 0 radical (unpaired) electrons. The van der Waals surface area contributed by atoms with E-state index in [9.17, 15) is 4.79 Å². The average Bonchev–Trinajstić information content (AvgIpc) is 2.75. The van der Waals surface area contributed by atoms with Gasteiger partial charge in [0.15, 0.2) is 0 Å². The van der Waals surface area contributed by atoms with Crippen LogP contribution in [0.4, 0.5) is 0 Å². The Labute approximate surface area is 96.9 Å². The Hall–Kier alpha value is -2.36. The first-order valence-corrected chi connectivity index (χ1v) is 5.28. The number of nitrogens with zero attached hydrogens (tertiary/aromatic N) is 1. The SMILES string of the molecule is Cc1nocc1-c1ccc2c(=O)[nH]ccc2c1. The van der Waals surface area contributed by atoms with Gasteiger partial charge in [-0.05, 0) is 36.1 Å². The molecule has 84 valence electrons. The quantitative estimate of drug-likeness (QED) is 0.693. The third-order valence-electron chi connectivity index (χ3n) is 2.83. The Morgan fingerprint density at radius 2 is 2.18 bits per heavy atom. The van der Waals surface area contributed by atoms with E-state index < -0.39 is 0 Å². The summed E-state index contributed by atoms with van der Waals surface area (Å²) in [5, 5.41) is 5.44. The van der Waals surface area contributed by atoms with Crippen LogP contribution in [-0.4, -0.2) is 10.1 Å². The Morgan fingerprint density at radius 1 is 1.29 bits per heavy atom. The van der Waals surface area contributed by atoms with Gasteiger partial charge in [-0.1, -0.05) is 11.2 Å². The molecule has 2 heterocycles. The van der Waals surface area contributed by atoms with Crippen LogP contribution in [-0.2, 0) is 0 Å². The minimum Gasteiger partial charge on any atom is -0.364 e. The van der Waals surface area contributed by atoms with Crippen LogP contribution in [0.3, 0.4) is 0 Å². The molecule has 1 N–H and O–H groups in total. The van der Waals surface area contributed by atoms with Crippen LogP contribution in [0.15, 0.2) is 46.0 Å². The number of hydrogen-bond donors (Lipinski definition) is 1. The van der Waals surface area contributed by atoms with Crippen molar-refractivity contribution in [3.63, 3.8) is 0 Å². The number of benzene rings is 1. The number of aromatic amines is 1. The van der Waals surface area contributed by atoms with Gasteiger partial charge in [0.25, 0.3) is 5.56 Å². The van der Waals surface area contributed by atoms with E-state index in [2.05, 4.69) is 10.1 Å². The van der Waals surface area contributed by atoms with E-state index in [1.807, 2.05) is 31.2 Å². The number of aryl methyl sites for hydroxylation is 1. The molecule has 0 amide bonds. The molecule has 4 nitrogen and oxygen atoms in total. The molecule has 0 atom stereocenters. The zero-order chi connectivity index (χ0) is 11.8. The van der Waals surface area contributed by atoms with Crippen LogP contribution in [0.2, 0.25) is 0 Å². The molecular weight excluding hydrogens is 216 g/mol. The van der Waals surface area contributed by atoms with Crippen molar-refractivity contribution in [3.05, 3.63) is 52.8 Å². The summed E-state index contributed by atoms with van der Waals surface area (Å²) in [6.07, 6.45) is 3.26. The molecule has 0 spiro atoms. The lowest BCUT2D eigenvalue weighted by Crippen LogP contribution is -2.03. The van der Waals surface area contributed by atoms with Gasteiger partial charge in [-0.2, -0.15) is 0 Å². The molecule has 0 aliphatic rings.